The summed E-state index contributed by atoms with van der Waals surface area (Å²) >= 11 is 18.6. The summed E-state index contributed by atoms with van der Waals surface area (Å²) in [6.45, 7) is 4.62. The van der Waals surface area contributed by atoms with Crippen LogP contribution in [0, 0.1) is 23.4 Å². The molecule has 1 aliphatic rings. The van der Waals surface area contributed by atoms with E-state index in [-0.39, 0.29) is 21.8 Å². The van der Waals surface area contributed by atoms with Crippen LogP contribution in [0.1, 0.15) is 48.2 Å². The lowest BCUT2D eigenvalue weighted by Gasteiger charge is -2.20. The van der Waals surface area contributed by atoms with Gasteiger partial charge in [0.1, 0.15) is 27.3 Å². The van der Waals surface area contributed by atoms with E-state index in [9.17, 15) is 36.3 Å². The summed E-state index contributed by atoms with van der Waals surface area (Å²) in [5.41, 5.74) is -4.35. The van der Waals surface area contributed by atoms with Gasteiger partial charge < -0.3 is 15.4 Å². The van der Waals surface area contributed by atoms with Gasteiger partial charge in [-0.3, -0.25) is 14.9 Å². The highest BCUT2D eigenvalue weighted by molar-refractivity contribution is 6.53. The third-order valence-electron chi connectivity index (χ3n) is 6.43. The highest BCUT2D eigenvalue weighted by Gasteiger charge is 2.67. The Morgan fingerprint density at radius 1 is 0.867 bits per heavy atom. The van der Waals surface area contributed by atoms with Crippen molar-refractivity contribution in [3.05, 3.63) is 87.7 Å². The van der Waals surface area contributed by atoms with Crippen molar-refractivity contribution in [1.29, 1.82) is 0 Å². The molecule has 0 spiro atoms. The zero-order valence-corrected chi connectivity index (χ0v) is 25.6. The second-order valence-corrected chi connectivity index (χ2v) is 12.8. The van der Waals surface area contributed by atoms with E-state index in [4.69, 9.17) is 39.5 Å². The number of hydrogen-bond acceptors (Lipinski definition) is 4. The molecular weight excluding hydrogens is 675 g/mol. The summed E-state index contributed by atoms with van der Waals surface area (Å²) in [7, 11) is 0. The predicted molar refractivity (Wildman–Crippen MR) is 156 cm³/mol. The Morgan fingerprint density at radius 3 is 2.13 bits per heavy atom. The number of hydrogen-bond donors (Lipinski definition) is 3. The molecule has 2 atom stereocenters. The number of alkyl halides is 5. The Balaban J connectivity index is 1.51. The second-order valence-electron chi connectivity index (χ2n) is 10.9. The first kappa shape index (κ1) is 34.2. The quantitative estimate of drug-likeness (QED) is 0.177. The summed E-state index contributed by atoms with van der Waals surface area (Å²) < 4.78 is 85.9. The molecule has 3 aromatic rings. The van der Waals surface area contributed by atoms with Crippen molar-refractivity contribution in [3.63, 3.8) is 0 Å². The molecule has 3 amide bonds. The highest BCUT2D eigenvalue weighted by Crippen LogP contribution is 2.65. The fourth-order valence-electron chi connectivity index (χ4n) is 4.38. The minimum Gasteiger partial charge on any atom is -0.444 e. The maximum Gasteiger partial charge on any atom is 0.419 e. The van der Waals surface area contributed by atoms with Gasteiger partial charge in [-0.1, -0.05) is 17.7 Å². The van der Waals surface area contributed by atoms with E-state index in [0.717, 1.165) is 24.3 Å². The van der Waals surface area contributed by atoms with Crippen LogP contribution in [0.2, 0.25) is 5.02 Å². The number of anilines is 3. The molecule has 0 aliphatic heterocycles. The molecule has 0 saturated heterocycles. The van der Waals surface area contributed by atoms with Crippen LogP contribution in [0.5, 0.6) is 0 Å². The van der Waals surface area contributed by atoms with Gasteiger partial charge >= 0.3 is 12.3 Å². The number of benzene rings is 3. The Kier molecular flexibility index (Phi) is 9.31. The molecule has 0 bridgehead atoms. The van der Waals surface area contributed by atoms with E-state index < -0.39 is 80.2 Å². The number of ether oxygens (including phenoxy) is 1. The fourth-order valence-corrected chi connectivity index (χ4v) is 5.41. The summed E-state index contributed by atoms with van der Waals surface area (Å²) in [5, 5.41) is 6.45. The van der Waals surface area contributed by atoms with Crippen LogP contribution in [0.3, 0.4) is 0 Å². The highest BCUT2D eigenvalue weighted by atomic mass is 35.5. The normalized spacial score (nSPS) is 17.3. The molecule has 0 heterocycles. The lowest BCUT2D eigenvalue weighted by atomic mass is 10.0. The van der Waals surface area contributed by atoms with Crippen LogP contribution in [0.15, 0.2) is 48.5 Å². The van der Waals surface area contributed by atoms with Gasteiger partial charge in [0.15, 0.2) is 5.82 Å². The van der Waals surface area contributed by atoms with Crippen LogP contribution >= 0.6 is 34.8 Å². The van der Waals surface area contributed by atoms with E-state index in [1.165, 1.54) is 12.1 Å². The number of rotatable bonds is 6. The fraction of sp³-hybridized carbons (Fsp3) is 0.276. The molecule has 0 radical (unpaired) electrons. The summed E-state index contributed by atoms with van der Waals surface area (Å²) in [6.07, 6.45) is -6.15. The molecule has 4 rings (SSSR count). The summed E-state index contributed by atoms with van der Waals surface area (Å²) in [4.78, 5) is 38.1. The molecule has 16 heteroatoms. The van der Waals surface area contributed by atoms with Crippen LogP contribution in [-0.4, -0.2) is 27.8 Å². The first-order valence-electron chi connectivity index (χ1n) is 12.8. The zero-order valence-electron chi connectivity index (χ0n) is 23.3. The molecule has 1 saturated carbocycles. The molecule has 3 N–H and O–H groups in total. The molecule has 3 aromatic carbocycles. The van der Waals surface area contributed by atoms with Gasteiger partial charge in [-0.15, -0.1) is 23.2 Å². The number of halogens is 9. The van der Waals surface area contributed by atoms with Crippen molar-refractivity contribution in [2.75, 3.05) is 16.0 Å². The van der Waals surface area contributed by atoms with Gasteiger partial charge in [-0.05, 0) is 68.8 Å². The van der Waals surface area contributed by atoms with Crippen molar-refractivity contribution >= 4 is 69.8 Å². The maximum absolute atomic E-state index is 15.1. The average molecular weight is 697 g/mol. The van der Waals surface area contributed by atoms with E-state index in [1.807, 2.05) is 5.32 Å². The SMILES string of the molecule is CC(C)(C)OC(=O)Nc1c(F)ccc(NC(=O)c2cc(NC(=O)C3[C@H](c4ccc(F)c(C(F)(F)F)c4)C3(Cl)Cl)ccc2Cl)c1F. The van der Waals surface area contributed by atoms with Gasteiger partial charge in [0, 0.05) is 11.6 Å². The molecule has 1 unspecified atom stereocenters. The van der Waals surface area contributed by atoms with Crippen LogP contribution in [0.25, 0.3) is 0 Å². The second kappa shape index (κ2) is 12.3. The average Bonchev–Trinajstić information content (AvgIpc) is 3.49. The molecule has 1 fully saturated rings. The van der Waals surface area contributed by atoms with Gasteiger partial charge in [-0.25, -0.2) is 18.0 Å². The lowest BCUT2D eigenvalue weighted by Crippen LogP contribution is -2.28. The smallest absolute Gasteiger partial charge is 0.419 e. The summed E-state index contributed by atoms with van der Waals surface area (Å²) in [6, 6.07) is 7.47. The number of amides is 3. The molecule has 1 aliphatic carbocycles. The molecule has 240 valence electrons. The Hall–Kier alpha value is -3.68. The zero-order chi connectivity index (χ0) is 33.6. The van der Waals surface area contributed by atoms with E-state index in [0.29, 0.717) is 12.1 Å². The van der Waals surface area contributed by atoms with Crippen molar-refractivity contribution in [1.82, 2.24) is 0 Å². The third kappa shape index (κ3) is 7.59. The number of nitrogens with one attached hydrogen (secondary N) is 3. The standard InChI is InChI=1S/C29H22Cl3F6N3O4/c1-27(2,3)45-26(44)41-23-18(34)8-9-19(22(23)35)40-24(42)14-11-13(5-6-16(14)30)39-25(43)21-20(28(21,31)32)12-4-7-17(33)15(10-12)29(36,37)38/h4-11,20-21H,1-3H3,(H,39,43)(H,40,42)(H,41,44)/t20-,21?/m0/s1. The first-order valence-corrected chi connectivity index (χ1v) is 14.0. The molecule has 7 nitrogen and oxygen atoms in total. The van der Waals surface area contributed by atoms with Crippen molar-refractivity contribution in [2.24, 2.45) is 5.92 Å². The van der Waals surface area contributed by atoms with Gasteiger partial charge in [0.2, 0.25) is 5.91 Å². The Morgan fingerprint density at radius 2 is 1.51 bits per heavy atom. The largest absolute Gasteiger partial charge is 0.444 e. The van der Waals surface area contributed by atoms with Crippen molar-refractivity contribution in [3.8, 4) is 0 Å². The molecular formula is C29H22Cl3F6N3O4. The lowest BCUT2D eigenvalue weighted by molar-refractivity contribution is -0.140. The topological polar surface area (TPSA) is 96.5 Å². The number of carbonyl (C=O) groups is 3. The number of carbonyl (C=O) groups excluding carboxylic acids is 3. The van der Waals surface area contributed by atoms with E-state index >= 15 is 4.39 Å². The molecule has 0 aromatic heterocycles. The minimum atomic E-state index is -5.00. The monoisotopic (exact) mass is 695 g/mol. The minimum absolute atomic E-state index is 0.0220. The first-order chi connectivity index (χ1) is 20.7. The van der Waals surface area contributed by atoms with E-state index in [1.54, 1.807) is 20.8 Å². The maximum atomic E-state index is 15.1. The van der Waals surface area contributed by atoms with Crippen LogP contribution in [0.4, 0.5) is 48.2 Å². The van der Waals surface area contributed by atoms with Crippen LogP contribution < -0.4 is 16.0 Å². The van der Waals surface area contributed by atoms with E-state index in [2.05, 4.69) is 10.6 Å². The Labute approximate surface area is 267 Å². The van der Waals surface area contributed by atoms with Gasteiger partial charge in [0.05, 0.1) is 27.8 Å². The van der Waals surface area contributed by atoms with Crippen LogP contribution in [-0.2, 0) is 15.7 Å². The predicted octanol–water partition coefficient (Wildman–Crippen LogP) is 8.90. The van der Waals surface area contributed by atoms with Crippen molar-refractivity contribution in [2.45, 2.75) is 42.8 Å². The summed E-state index contributed by atoms with van der Waals surface area (Å²) in [5.74, 6) is -8.20. The van der Waals surface area contributed by atoms with Gasteiger partial charge in [0.25, 0.3) is 5.91 Å². The molecule has 45 heavy (non-hydrogen) atoms. The van der Waals surface area contributed by atoms with Crippen molar-refractivity contribution < 1.29 is 45.5 Å². The Bertz CT molecular complexity index is 1690. The van der Waals surface area contributed by atoms with Gasteiger partial charge in [-0.2, -0.15) is 13.2 Å². The third-order valence-corrected chi connectivity index (χ3v) is 7.70.